The van der Waals surface area contributed by atoms with Crippen molar-refractivity contribution in [3.05, 3.63) is 54.6 Å². The van der Waals surface area contributed by atoms with Crippen LogP contribution in [0, 0.1) is 6.92 Å². The van der Waals surface area contributed by atoms with Crippen LogP contribution in [-0.4, -0.2) is 27.1 Å². The molecule has 3 aromatic rings. The molecule has 10 heteroatoms. The Bertz CT molecular complexity index is 1270. The Labute approximate surface area is 157 Å². The number of nitrogens with zero attached hydrogens (tertiary/aromatic N) is 4. The minimum absolute atomic E-state index is 0.0479. The molecule has 26 heavy (non-hydrogen) atoms. The molecule has 0 aliphatic rings. The van der Waals surface area contributed by atoms with E-state index in [2.05, 4.69) is 20.9 Å². The smallest absolute Gasteiger partial charge is 0.312 e. The average Bonchev–Trinajstić information content (AvgIpc) is 2.92. The summed E-state index contributed by atoms with van der Waals surface area (Å²) in [7, 11) is 0.428. The maximum Gasteiger partial charge on any atom is 0.332 e. The number of sulfone groups is 1. The molecule has 2 aromatic heterocycles. The average molecular weight is 441 g/mol. The molecule has 0 N–H and O–H groups in total. The van der Waals surface area contributed by atoms with E-state index < -0.39 is 21.1 Å². The molecule has 0 unspecified atom stereocenters. The predicted molar refractivity (Wildman–Crippen MR) is 101 cm³/mol. The Morgan fingerprint density at radius 1 is 1.08 bits per heavy atom. The van der Waals surface area contributed by atoms with Crippen LogP contribution < -0.4 is 11.2 Å². The molecule has 0 aliphatic carbocycles. The minimum atomic E-state index is -3.83. The highest BCUT2D eigenvalue weighted by Gasteiger charge is 2.26. The van der Waals surface area contributed by atoms with E-state index in [0.717, 1.165) is 14.6 Å². The van der Waals surface area contributed by atoms with E-state index in [4.69, 9.17) is 0 Å². The summed E-state index contributed by atoms with van der Waals surface area (Å²) in [5, 5.41) is -0.242. The number of hydrogen-bond acceptors (Lipinski definition) is 5. The van der Waals surface area contributed by atoms with Crippen LogP contribution in [0.2, 0.25) is 0 Å². The van der Waals surface area contributed by atoms with Crippen molar-refractivity contribution >= 4 is 36.9 Å². The summed E-state index contributed by atoms with van der Waals surface area (Å²) < 4.78 is 30.1. The first-order valence-electron chi connectivity index (χ1n) is 7.65. The molecule has 0 saturated carbocycles. The zero-order valence-electron chi connectivity index (χ0n) is 14.6. The molecule has 3 rings (SSSR count). The number of rotatable bonds is 3. The highest BCUT2D eigenvalue weighted by atomic mass is 79.9. The van der Waals surface area contributed by atoms with Crippen molar-refractivity contribution in [3.8, 4) is 0 Å². The summed E-state index contributed by atoms with van der Waals surface area (Å²) in [5.41, 5.74) is 0.437. The third-order valence-electron chi connectivity index (χ3n) is 4.36. The van der Waals surface area contributed by atoms with E-state index in [0.29, 0.717) is 5.56 Å². The van der Waals surface area contributed by atoms with Gasteiger partial charge in [-0.2, -0.15) is 4.98 Å². The van der Waals surface area contributed by atoms with E-state index in [1.807, 2.05) is 13.0 Å². The largest absolute Gasteiger partial charge is 0.332 e. The molecule has 138 valence electrons. The number of imidazole rings is 1. The molecule has 1 aromatic carbocycles. The maximum atomic E-state index is 12.9. The van der Waals surface area contributed by atoms with Gasteiger partial charge in [-0.25, -0.2) is 13.2 Å². The van der Waals surface area contributed by atoms with Crippen LogP contribution in [0.4, 0.5) is 0 Å². The van der Waals surface area contributed by atoms with Gasteiger partial charge in [0.05, 0.1) is 5.75 Å². The Kier molecular flexibility index (Phi) is 4.43. The van der Waals surface area contributed by atoms with E-state index in [1.54, 1.807) is 12.1 Å². The van der Waals surface area contributed by atoms with Crippen LogP contribution >= 0.6 is 15.9 Å². The zero-order chi connectivity index (χ0) is 19.4. The molecule has 0 saturated heterocycles. The molecule has 0 bridgehead atoms. The van der Waals surface area contributed by atoms with Gasteiger partial charge in [-0.3, -0.25) is 13.9 Å². The second kappa shape index (κ2) is 6.20. The lowest BCUT2D eigenvalue weighted by molar-refractivity contribution is 0.579. The standard InChI is InChI=1S/C16H17BrN4O4S/c1-9-7-11(17)6-5-10(9)8-26(24,25)15-18-13-12(19(15)2)14(22)21(4)16(23)20(13)3/h5-7H,8H2,1-4H3. The highest BCUT2D eigenvalue weighted by molar-refractivity contribution is 9.10. The third kappa shape index (κ3) is 2.82. The Morgan fingerprint density at radius 2 is 1.73 bits per heavy atom. The maximum absolute atomic E-state index is 12.9. The lowest BCUT2D eigenvalue weighted by Crippen LogP contribution is -2.37. The van der Waals surface area contributed by atoms with Crippen molar-refractivity contribution in [3.63, 3.8) is 0 Å². The molecule has 8 nitrogen and oxygen atoms in total. The molecule has 0 amide bonds. The fourth-order valence-corrected chi connectivity index (χ4v) is 4.94. The number of aryl methyl sites for hydroxylation is 3. The van der Waals surface area contributed by atoms with Crippen molar-refractivity contribution in [1.29, 1.82) is 0 Å². The van der Waals surface area contributed by atoms with Crippen LogP contribution in [0.15, 0.2) is 37.4 Å². The topological polar surface area (TPSA) is 96.0 Å². The van der Waals surface area contributed by atoms with Crippen molar-refractivity contribution in [2.45, 2.75) is 17.8 Å². The first-order chi connectivity index (χ1) is 12.0. The second-order valence-corrected chi connectivity index (χ2v) is 8.96. The number of hydrogen-bond donors (Lipinski definition) is 0. The van der Waals surface area contributed by atoms with E-state index >= 15 is 0 Å². The van der Waals surface area contributed by atoms with Crippen molar-refractivity contribution < 1.29 is 8.42 Å². The molecule has 0 radical (unpaired) electrons. The summed E-state index contributed by atoms with van der Waals surface area (Å²) in [5.74, 6) is -0.252. The monoisotopic (exact) mass is 440 g/mol. The summed E-state index contributed by atoms with van der Waals surface area (Å²) >= 11 is 3.35. The van der Waals surface area contributed by atoms with Gasteiger partial charge in [-0.1, -0.05) is 22.0 Å². The van der Waals surface area contributed by atoms with Gasteiger partial charge in [0.25, 0.3) is 5.56 Å². The summed E-state index contributed by atoms with van der Waals surface area (Å²) in [6, 6.07) is 5.33. The molecule has 0 spiro atoms. The lowest BCUT2D eigenvalue weighted by Gasteiger charge is -2.08. The van der Waals surface area contributed by atoms with Crippen LogP contribution in [0.25, 0.3) is 11.2 Å². The summed E-state index contributed by atoms with van der Waals surface area (Å²) in [4.78, 5) is 28.6. The molecule has 0 aliphatic heterocycles. The third-order valence-corrected chi connectivity index (χ3v) is 6.47. The Hall–Kier alpha value is -2.20. The Morgan fingerprint density at radius 3 is 2.35 bits per heavy atom. The number of aromatic nitrogens is 4. The predicted octanol–water partition coefficient (Wildman–Crippen LogP) is 1.02. The molecular weight excluding hydrogens is 424 g/mol. The van der Waals surface area contributed by atoms with Crippen LogP contribution in [0.1, 0.15) is 11.1 Å². The first kappa shape index (κ1) is 18.6. The number of benzene rings is 1. The normalized spacial score (nSPS) is 12.0. The SMILES string of the molecule is Cc1cc(Br)ccc1CS(=O)(=O)c1nc2c(c(=O)n(C)c(=O)n2C)n1C. The van der Waals surface area contributed by atoms with Gasteiger partial charge >= 0.3 is 5.69 Å². The fourth-order valence-electron chi connectivity index (χ4n) is 2.87. The first-order valence-corrected chi connectivity index (χ1v) is 10.1. The quantitative estimate of drug-likeness (QED) is 0.605. The van der Waals surface area contributed by atoms with Crippen molar-refractivity contribution in [1.82, 2.24) is 18.7 Å². The van der Waals surface area contributed by atoms with Crippen molar-refractivity contribution in [2.24, 2.45) is 21.1 Å². The van der Waals surface area contributed by atoms with E-state index in [9.17, 15) is 18.0 Å². The molecule has 0 atom stereocenters. The van der Waals surface area contributed by atoms with Gasteiger partial charge in [0.2, 0.25) is 15.0 Å². The van der Waals surface area contributed by atoms with Gasteiger partial charge in [-0.05, 0) is 30.2 Å². The molecule has 0 fully saturated rings. The van der Waals surface area contributed by atoms with Gasteiger partial charge in [0, 0.05) is 25.6 Å². The lowest BCUT2D eigenvalue weighted by atomic mass is 10.1. The second-order valence-electron chi connectivity index (χ2n) is 6.16. The highest BCUT2D eigenvalue weighted by Crippen LogP contribution is 2.22. The van der Waals surface area contributed by atoms with Crippen molar-refractivity contribution in [2.75, 3.05) is 0 Å². The van der Waals surface area contributed by atoms with Gasteiger partial charge in [0.15, 0.2) is 11.2 Å². The van der Waals surface area contributed by atoms with Gasteiger partial charge in [-0.15, -0.1) is 0 Å². The van der Waals surface area contributed by atoms with Crippen LogP contribution in [0.3, 0.4) is 0 Å². The van der Waals surface area contributed by atoms with Gasteiger partial charge < -0.3 is 4.57 Å². The number of fused-ring (bicyclic) bond motifs is 1. The van der Waals surface area contributed by atoms with E-state index in [1.165, 1.54) is 30.3 Å². The molecule has 2 heterocycles. The molecular formula is C16H17BrN4O4S. The van der Waals surface area contributed by atoms with E-state index in [-0.39, 0.29) is 22.1 Å². The summed E-state index contributed by atoms with van der Waals surface area (Å²) in [6.07, 6.45) is 0. The minimum Gasteiger partial charge on any atom is -0.312 e. The Balaban J connectivity index is 2.23. The summed E-state index contributed by atoms with van der Waals surface area (Å²) in [6.45, 7) is 1.82. The zero-order valence-corrected chi connectivity index (χ0v) is 17.0. The number of halogens is 1. The van der Waals surface area contributed by atoms with Gasteiger partial charge in [0.1, 0.15) is 0 Å². The van der Waals surface area contributed by atoms with Crippen LogP contribution in [0.5, 0.6) is 0 Å². The fraction of sp³-hybridized carbons (Fsp3) is 0.312. The van der Waals surface area contributed by atoms with Crippen LogP contribution in [-0.2, 0) is 36.7 Å².